The summed E-state index contributed by atoms with van der Waals surface area (Å²) in [7, 11) is 0. The summed E-state index contributed by atoms with van der Waals surface area (Å²) >= 11 is 5.01. The minimum absolute atomic E-state index is 0.480. The van der Waals surface area contributed by atoms with Crippen LogP contribution in [0.3, 0.4) is 0 Å². The number of hydrogen-bond acceptors (Lipinski definition) is 3. The Morgan fingerprint density at radius 3 is 2.50 bits per heavy atom. The number of nitrogens with zero attached hydrogens (tertiary/aromatic N) is 3. The van der Waals surface area contributed by atoms with Crippen LogP contribution in [0.15, 0.2) is 24.3 Å². The third-order valence-corrected chi connectivity index (χ3v) is 2.82. The van der Waals surface area contributed by atoms with Crippen LogP contribution in [-0.2, 0) is 6.54 Å². The molecule has 0 saturated carbocycles. The standard InChI is InChI=1S/C11H14N4S/c1-8(2)10-5-3-9(4-6-10)7-15-11(16)12-13-14-15/h3-6,8H,7H2,1-2H3,(H,12,14,16). The van der Waals surface area contributed by atoms with Crippen molar-refractivity contribution in [2.24, 2.45) is 0 Å². The molecule has 1 aromatic heterocycles. The second kappa shape index (κ2) is 4.57. The molecule has 0 spiro atoms. The van der Waals surface area contributed by atoms with E-state index in [0.717, 1.165) is 0 Å². The smallest absolute Gasteiger partial charge is 0.238 e. The van der Waals surface area contributed by atoms with Gasteiger partial charge in [-0.15, -0.1) is 0 Å². The predicted molar refractivity (Wildman–Crippen MR) is 64.8 cm³/mol. The molecule has 0 fully saturated rings. The van der Waals surface area contributed by atoms with Gasteiger partial charge in [-0.05, 0) is 29.3 Å². The normalized spacial score (nSPS) is 10.9. The Labute approximate surface area is 99.3 Å². The van der Waals surface area contributed by atoms with E-state index in [0.29, 0.717) is 17.2 Å². The number of tetrazole rings is 1. The molecule has 84 valence electrons. The van der Waals surface area contributed by atoms with E-state index in [4.69, 9.17) is 12.2 Å². The van der Waals surface area contributed by atoms with Crippen LogP contribution in [0, 0.1) is 4.77 Å². The van der Waals surface area contributed by atoms with Gasteiger partial charge in [-0.2, -0.15) is 5.21 Å². The van der Waals surface area contributed by atoms with Gasteiger partial charge in [0.15, 0.2) is 0 Å². The van der Waals surface area contributed by atoms with Gasteiger partial charge in [0.25, 0.3) is 0 Å². The minimum Gasteiger partial charge on any atom is -0.238 e. The zero-order valence-electron chi connectivity index (χ0n) is 9.34. The second-order valence-electron chi connectivity index (χ2n) is 4.07. The largest absolute Gasteiger partial charge is 0.238 e. The van der Waals surface area contributed by atoms with E-state index in [1.54, 1.807) is 4.68 Å². The van der Waals surface area contributed by atoms with Gasteiger partial charge in [0, 0.05) is 0 Å². The lowest BCUT2D eigenvalue weighted by molar-refractivity contribution is 0.642. The molecule has 1 aromatic carbocycles. The van der Waals surface area contributed by atoms with Crippen molar-refractivity contribution in [1.82, 2.24) is 20.2 Å². The van der Waals surface area contributed by atoms with Gasteiger partial charge in [0.2, 0.25) is 4.77 Å². The van der Waals surface area contributed by atoms with Crippen molar-refractivity contribution in [2.75, 3.05) is 0 Å². The highest BCUT2D eigenvalue weighted by atomic mass is 32.1. The fourth-order valence-corrected chi connectivity index (χ4v) is 1.66. The number of benzene rings is 1. The van der Waals surface area contributed by atoms with E-state index in [1.165, 1.54) is 11.1 Å². The highest BCUT2D eigenvalue weighted by Crippen LogP contribution is 2.14. The first-order chi connectivity index (χ1) is 7.66. The summed E-state index contributed by atoms with van der Waals surface area (Å²) in [5, 5.41) is 10.1. The molecule has 16 heavy (non-hydrogen) atoms. The Bertz CT molecular complexity index is 509. The summed E-state index contributed by atoms with van der Waals surface area (Å²) in [5.74, 6) is 0.560. The summed E-state index contributed by atoms with van der Waals surface area (Å²) in [6, 6.07) is 8.51. The second-order valence-corrected chi connectivity index (χ2v) is 4.43. The predicted octanol–water partition coefficient (Wildman–Crippen LogP) is 2.51. The summed E-state index contributed by atoms with van der Waals surface area (Å²) in [4.78, 5) is 0. The molecule has 2 rings (SSSR count). The zero-order valence-corrected chi connectivity index (χ0v) is 10.2. The van der Waals surface area contributed by atoms with Gasteiger partial charge in [0.05, 0.1) is 6.54 Å². The quantitative estimate of drug-likeness (QED) is 0.830. The van der Waals surface area contributed by atoms with Crippen molar-refractivity contribution in [1.29, 1.82) is 0 Å². The van der Waals surface area contributed by atoms with Crippen molar-refractivity contribution < 1.29 is 0 Å². The van der Waals surface area contributed by atoms with Crippen LogP contribution in [0.2, 0.25) is 0 Å². The summed E-state index contributed by atoms with van der Waals surface area (Å²) in [6.07, 6.45) is 0. The lowest BCUT2D eigenvalue weighted by Crippen LogP contribution is -2.02. The molecule has 0 unspecified atom stereocenters. The number of rotatable bonds is 3. The van der Waals surface area contributed by atoms with Crippen LogP contribution < -0.4 is 0 Å². The molecule has 0 aliphatic carbocycles. The van der Waals surface area contributed by atoms with Crippen molar-refractivity contribution in [3.8, 4) is 0 Å². The monoisotopic (exact) mass is 234 g/mol. The Kier molecular flexibility index (Phi) is 3.14. The van der Waals surface area contributed by atoms with Gasteiger partial charge in [-0.1, -0.05) is 48.4 Å². The number of aromatic amines is 1. The Balaban J connectivity index is 2.17. The van der Waals surface area contributed by atoms with Gasteiger partial charge in [-0.3, -0.25) is 0 Å². The topological polar surface area (TPSA) is 46.5 Å². The molecule has 1 N–H and O–H groups in total. The molecule has 1 heterocycles. The van der Waals surface area contributed by atoms with Crippen molar-refractivity contribution in [3.63, 3.8) is 0 Å². The lowest BCUT2D eigenvalue weighted by atomic mass is 10.0. The molecule has 0 bridgehead atoms. The van der Waals surface area contributed by atoms with Crippen LogP contribution in [0.4, 0.5) is 0 Å². The first-order valence-corrected chi connectivity index (χ1v) is 5.64. The fourth-order valence-electron chi connectivity index (χ4n) is 1.51. The summed E-state index contributed by atoms with van der Waals surface area (Å²) in [5.41, 5.74) is 2.53. The third kappa shape index (κ3) is 2.36. The van der Waals surface area contributed by atoms with E-state index in [2.05, 4.69) is 53.6 Å². The zero-order chi connectivity index (χ0) is 11.5. The molecule has 0 aliphatic rings. The highest BCUT2D eigenvalue weighted by molar-refractivity contribution is 7.71. The summed E-state index contributed by atoms with van der Waals surface area (Å²) in [6.45, 7) is 5.05. The first-order valence-electron chi connectivity index (χ1n) is 5.23. The maximum atomic E-state index is 5.01. The highest BCUT2D eigenvalue weighted by Gasteiger charge is 2.00. The van der Waals surface area contributed by atoms with Crippen LogP contribution >= 0.6 is 12.2 Å². The number of hydrogen-bond donors (Lipinski definition) is 1. The minimum atomic E-state index is 0.480. The number of H-pyrrole nitrogens is 1. The molecule has 0 aliphatic heterocycles. The molecule has 2 aromatic rings. The Morgan fingerprint density at radius 1 is 1.31 bits per heavy atom. The Morgan fingerprint density at radius 2 is 2.00 bits per heavy atom. The van der Waals surface area contributed by atoms with Gasteiger partial charge in [-0.25, -0.2) is 4.68 Å². The molecule has 0 saturated heterocycles. The van der Waals surface area contributed by atoms with E-state index < -0.39 is 0 Å². The SMILES string of the molecule is CC(C)c1ccc(Cn2[nH]nnc2=S)cc1. The molecule has 0 radical (unpaired) electrons. The molecule has 0 atom stereocenters. The van der Waals surface area contributed by atoms with Crippen molar-refractivity contribution >= 4 is 12.2 Å². The number of nitrogens with one attached hydrogen (secondary N) is 1. The molecular weight excluding hydrogens is 220 g/mol. The maximum Gasteiger partial charge on any atom is 0.238 e. The molecular formula is C11H14N4S. The fraction of sp³-hybridized carbons (Fsp3) is 0.364. The maximum absolute atomic E-state index is 5.01. The van der Waals surface area contributed by atoms with E-state index in [9.17, 15) is 0 Å². The van der Waals surface area contributed by atoms with Crippen molar-refractivity contribution in [2.45, 2.75) is 26.3 Å². The van der Waals surface area contributed by atoms with Crippen LogP contribution in [0.25, 0.3) is 0 Å². The molecule has 4 nitrogen and oxygen atoms in total. The van der Waals surface area contributed by atoms with E-state index in [-0.39, 0.29) is 0 Å². The Hall–Kier alpha value is -1.49. The van der Waals surface area contributed by atoms with E-state index >= 15 is 0 Å². The van der Waals surface area contributed by atoms with Crippen LogP contribution in [-0.4, -0.2) is 20.2 Å². The van der Waals surface area contributed by atoms with E-state index in [1.807, 2.05) is 0 Å². The molecule has 5 heteroatoms. The summed E-state index contributed by atoms with van der Waals surface area (Å²) < 4.78 is 2.22. The first kappa shape index (κ1) is 11.0. The van der Waals surface area contributed by atoms with Crippen molar-refractivity contribution in [3.05, 3.63) is 40.2 Å². The lowest BCUT2D eigenvalue weighted by Gasteiger charge is -2.06. The third-order valence-electron chi connectivity index (χ3n) is 2.52. The number of aromatic nitrogens is 4. The van der Waals surface area contributed by atoms with Crippen LogP contribution in [0.1, 0.15) is 30.9 Å². The van der Waals surface area contributed by atoms with Gasteiger partial charge in [0.1, 0.15) is 0 Å². The average Bonchev–Trinajstić information content (AvgIpc) is 2.65. The average molecular weight is 234 g/mol. The van der Waals surface area contributed by atoms with Gasteiger partial charge >= 0.3 is 0 Å². The molecule has 0 amide bonds. The van der Waals surface area contributed by atoms with Gasteiger partial charge < -0.3 is 0 Å². The van der Waals surface area contributed by atoms with Crippen LogP contribution in [0.5, 0.6) is 0 Å².